The minimum atomic E-state index is -0.407. The Morgan fingerprint density at radius 3 is 2.88 bits per heavy atom. The molecule has 0 saturated carbocycles. The molecule has 0 radical (unpaired) electrons. The lowest BCUT2D eigenvalue weighted by molar-refractivity contribution is 0.105. The Morgan fingerprint density at radius 2 is 2.24 bits per heavy atom. The maximum atomic E-state index is 11.5. The molecule has 1 amide bonds. The molecule has 1 aliphatic heterocycles. The van der Waals surface area contributed by atoms with Crippen molar-refractivity contribution in [2.75, 3.05) is 13.2 Å². The maximum Gasteiger partial charge on any atom is 0.412 e. The molecule has 4 nitrogen and oxygen atoms in total. The van der Waals surface area contributed by atoms with Crippen molar-refractivity contribution in [1.82, 2.24) is 5.32 Å². The average Bonchev–Trinajstić information content (AvgIpc) is 2.74. The lowest BCUT2D eigenvalue weighted by Crippen LogP contribution is -2.33. The van der Waals surface area contributed by atoms with Gasteiger partial charge in [-0.3, -0.25) is 0 Å². The number of para-hydroxylation sites is 1. The van der Waals surface area contributed by atoms with E-state index in [0.717, 1.165) is 13.0 Å². The molecule has 2 unspecified atom stereocenters. The lowest BCUT2D eigenvalue weighted by Gasteiger charge is -2.14. The number of amides is 1. The van der Waals surface area contributed by atoms with Gasteiger partial charge in [-0.15, -0.1) is 0 Å². The molecule has 1 aromatic rings. The summed E-state index contributed by atoms with van der Waals surface area (Å²) in [4.78, 5) is 11.5. The molecule has 1 aliphatic rings. The molecule has 1 heterocycles. The number of carbonyl (C=O) groups excluding carboxylic acids is 1. The minimum absolute atomic E-state index is 0.215. The van der Waals surface area contributed by atoms with Gasteiger partial charge in [-0.25, -0.2) is 4.79 Å². The zero-order chi connectivity index (χ0) is 12.1. The van der Waals surface area contributed by atoms with Gasteiger partial charge in [0, 0.05) is 19.1 Å². The molecule has 1 N–H and O–H groups in total. The molecule has 0 spiro atoms. The van der Waals surface area contributed by atoms with Crippen LogP contribution in [-0.4, -0.2) is 25.3 Å². The number of carbonyl (C=O) groups is 1. The van der Waals surface area contributed by atoms with Crippen LogP contribution in [0.3, 0.4) is 0 Å². The molecular formula is C13H17NO3. The quantitative estimate of drug-likeness (QED) is 0.873. The molecule has 17 heavy (non-hydrogen) atoms. The van der Waals surface area contributed by atoms with E-state index in [0.29, 0.717) is 18.2 Å². The summed E-state index contributed by atoms with van der Waals surface area (Å²) in [6, 6.07) is 9.04. The molecule has 1 aromatic carbocycles. The van der Waals surface area contributed by atoms with Crippen LogP contribution in [0.25, 0.3) is 0 Å². The Hall–Kier alpha value is -1.55. The first-order chi connectivity index (χ1) is 8.25. The molecule has 2 rings (SSSR count). The number of ether oxygens (including phenoxy) is 2. The van der Waals surface area contributed by atoms with Crippen molar-refractivity contribution in [3.63, 3.8) is 0 Å². The Morgan fingerprint density at radius 1 is 1.47 bits per heavy atom. The maximum absolute atomic E-state index is 11.5. The monoisotopic (exact) mass is 235 g/mol. The summed E-state index contributed by atoms with van der Waals surface area (Å²) in [5.74, 6) is 0.944. The molecule has 0 aromatic heterocycles. The van der Waals surface area contributed by atoms with Crippen LogP contribution in [0.2, 0.25) is 0 Å². The van der Waals surface area contributed by atoms with Gasteiger partial charge in [0.25, 0.3) is 0 Å². The van der Waals surface area contributed by atoms with Crippen molar-refractivity contribution in [2.24, 2.45) is 5.92 Å². The molecule has 2 atom stereocenters. The molecule has 0 bridgehead atoms. The molecule has 1 saturated heterocycles. The molecule has 0 aliphatic carbocycles. The summed E-state index contributed by atoms with van der Waals surface area (Å²) in [7, 11) is 0. The van der Waals surface area contributed by atoms with Gasteiger partial charge in [-0.1, -0.05) is 18.2 Å². The topological polar surface area (TPSA) is 47.6 Å². The largest absolute Gasteiger partial charge is 0.412 e. The summed E-state index contributed by atoms with van der Waals surface area (Å²) in [5.41, 5.74) is 0. The van der Waals surface area contributed by atoms with Crippen LogP contribution in [0.1, 0.15) is 13.3 Å². The molecule has 4 heteroatoms. The van der Waals surface area contributed by atoms with E-state index in [-0.39, 0.29) is 6.10 Å². The fourth-order valence-corrected chi connectivity index (χ4v) is 1.89. The predicted octanol–water partition coefficient (Wildman–Crippen LogP) is 2.20. The number of rotatable bonds is 3. The van der Waals surface area contributed by atoms with Crippen LogP contribution >= 0.6 is 0 Å². The highest BCUT2D eigenvalue weighted by Gasteiger charge is 2.24. The third kappa shape index (κ3) is 3.46. The Labute approximate surface area is 101 Å². The van der Waals surface area contributed by atoms with E-state index in [9.17, 15) is 4.79 Å². The summed E-state index contributed by atoms with van der Waals surface area (Å²) in [5, 5.41) is 2.76. The van der Waals surface area contributed by atoms with Crippen LogP contribution in [0.4, 0.5) is 4.79 Å². The molecule has 92 valence electrons. The highest BCUT2D eigenvalue weighted by Crippen LogP contribution is 2.19. The van der Waals surface area contributed by atoms with E-state index in [4.69, 9.17) is 9.47 Å². The van der Waals surface area contributed by atoms with Gasteiger partial charge < -0.3 is 14.8 Å². The SMILES string of the molecule is CC1OCCC1CNC(=O)Oc1ccccc1. The first-order valence-electron chi connectivity index (χ1n) is 5.88. The van der Waals surface area contributed by atoms with E-state index < -0.39 is 6.09 Å². The van der Waals surface area contributed by atoms with Gasteiger partial charge in [0.2, 0.25) is 0 Å². The first-order valence-corrected chi connectivity index (χ1v) is 5.88. The molecule has 1 fully saturated rings. The number of benzene rings is 1. The van der Waals surface area contributed by atoms with Crippen molar-refractivity contribution in [3.8, 4) is 5.75 Å². The van der Waals surface area contributed by atoms with Crippen molar-refractivity contribution in [2.45, 2.75) is 19.4 Å². The predicted molar refractivity (Wildman–Crippen MR) is 64.0 cm³/mol. The van der Waals surface area contributed by atoms with Crippen LogP contribution in [-0.2, 0) is 4.74 Å². The second kappa shape index (κ2) is 5.68. The summed E-state index contributed by atoms with van der Waals surface area (Å²) in [6.07, 6.45) is 0.801. The Bertz CT molecular complexity index is 366. The van der Waals surface area contributed by atoms with Gasteiger partial charge in [-0.2, -0.15) is 0 Å². The van der Waals surface area contributed by atoms with Crippen molar-refractivity contribution in [1.29, 1.82) is 0 Å². The van der Waals surface area contributed by atoms with Crippen LogP contribution in [0, 0.1) is 5.92 Å². The van der Waals surface area contributed by atoms with E-state index >= 15 is 0 Å². The Balaban J connectivity index is 1.74. The van der Waals surface area contributed by atoms with E-state index in [1.807, 2.05) is 25.1 Å². The van der Waals surface area contributed by atoms with E-state index in [1.54, 1.807) is 12.1 Å². The Kier molecular flexibility index (Phi) is 3.98. The average molecular weight is 235 g/mol. The number of hydrogen-bond donors (Lipinski definition) is 1. The lowest BCUT2D eigenvalue weighted by atomic mass is 10.0. The highest BCUT2D eigenvalue weighted by molar-refractivity contribution is 5.70. The first kappa shape index (κ1) is 11.9. The second-order valence-corrected chi connectivity index (χ2v) is 4.21. The van der Waals surface area contributed by atoms with Gasteiger partial charge >= 0.3 is 6.09 Å². The summed E-state index contributed by atoms with van der Waals surface area (Å²) >= 11 is 0. The smallest absolute Gasteiger partial charge is 0.410 e. The number of nitrogens with one attached hydrogen (secondary N) is 1. The second-order valence-electron chi connectivity index (χ2n) is 4.21. The molecular weight excluding hydrogens is 218 g/mol. The fraction of sp³-hybridized carbons (Fsp3) is 0.462. The third-order valence-electron chi connectivity index (χ3n) is 3.00. The minimum Gasteiger partial charge on any atom is -0.410 e. The van der Waals surface area contributed by atoms with Gasteiger partial charge in [0.05, 0.1) is 6.10 Å². The van der Waals surface area contributed by atoms with Gasteiger partial charge in [0.1, 0.15) is 5.75 Å². The van der Waals surface area contributed by atoms with Gasteiger partial charge in [0.15, 0.2) is 0 Å². The zero-order valence-corrected chi connectivity index (χ0v) is 9.89. The third-order valence-corrected chi connectivity index (χ3v) is 3.00. The van der Waals surface area contributed by atoms with Crippen molar-refractivity contribution in [3.05, 3.63) is 30.3 Å². The standard InChI is InChI=1S/C13H17NO3/c1-10-11(7-8-16-10)9-14-13(15)17-12-5-3-2-4-6-12/h2-6,10-11H,7-9H2,1H3,(H,14,15). The zero-order valence-electron chi connectivity index (χ0n) is 9.89. The normalized spacial score (nSPS) is 23.4. The van der Waals surface area contributed by atoms with Crippen LogP contribution < -0.4 is 10.1 Å². The highest BCUT2D eigenvalue weighted by atomic mass is 16.6. The van der Waals surface area contributed by atoms with Crippen molar-refractivity contribution < 1.29 is 14.3 Å². The summed E-state index contributed by atoms with van der Waals surface area (Å²) in [6.45, 7) is 3.41. The number of hydrogen-bond acceptors (Lipinski definition) is 3. The van der Waals surface area contributed by atoms with Crippen LogP contribution in [0.5, 0.6) is 5.75 Å². The van der Waals surface area contributed by atoms with Gasteiger partial charge in [-0.05, 0) is 25.5 Å². The van der Waals surface area contributed by atoms with E-state index in [2.05, 4.69) is 5.32 Å². The van der Waals surface area contributed by atoms with E-state index in [1.165, 1.54) is 0 Å². The summed E-state index contributed by atoms with van der Waals surface area (Å²) < 4.78 is 10.5. The van der Waals surface area contributed by atoms with Crippen molar-refractivity contribution >= 4 is 6.09 Å². The van der Waals surface area contributed by atoms with Crippen LogP contribution in [0.15, 0.2) is 30.3 Å². The fourth-order valence-electron chi connectivity index (χ4n) is 1.89.